The van der Waals surface area contributed by atoms with E-state index >= 15 is 0 Å². The van der Waals surface area contributed by atoms with Crippen molar-refractivity contribution in [3.63, 3.8) is 0 Å². The van der Waals surface area contributed by atoms with Crippen LogP contribution >= 0.6 is 0 Å². The Balaban J connectivity index is 3.33. The second-order valence-electron chi connectivity index (χ2n) is 5.73. The first-order valence-corrected chi connectivity index (χ1v) is 9.66. The van der Waals surface area contributed by atoms with Crippen LogP contribution in [0.4, 0.5) is 0 Å². The maximum atomic E-state index is 11.4. The normalized spacial score (nSPS) is 14.7. The van der Waals surface area contributed by atoms with Crippen LogP contribution in [0.15, 0.2) is 0 Å². The molecule has 1 amide bonds. The van der Waals surface area contributed by atoms with Crippen molar-refractivity contribution in [1.29, 1.82) is 0 Å². The highest BCUT2D eigenvalue weighted by Gasteiger charge is 2.09. The van der Waals surface area contributed by atoms with E-state index in [1.54, 1.807) is 0 Å². The molecular formula is C18H38N2O7. The first-order valence-electron chi connectivity index (χ1n) is 9.66. The molecule has 9 nitrogen and oxygen atoms in total. The fourth-order valence-corrected chi connectivity index (χ4v) is 1.92. The monoisotopic (exact) mass is 394 g/mol. The summed E-state index contributed by atoms with van der Waals surface area (Å²) >= 11 is 0. The number of nitrogens with one attached hydrogen (secondary N) is 1. The minimum absolute atomic E-state index is 0.156. The first-order chi connectivity index (χ1) is 13.0. The third kappa shape index (κ3) is 17.0. The maximum Gasteiger partial charge on any atom is 0.236 e. The van der Waals surface area contributed by atoms with E-state index in [0.717, 1.165) is 0 Å². The average Bonchev–Trinajstić information content (AvgIpc) is 2.65. The molecule has 0 spiro atoms. The summed E-state index contributed by atoms with van der Waals surface area (Å²) in [5.74, 6) is -0.156. The zero-order valence-electron chi connectivity index (χ0n) is 17.2. The smallest absolute Gasteiger partial charge is 0.236 e. The minimum atomic E-state index is -0.457. The number of rotatable bonds is 19. The molecule has 27 heavy (non-hydrogen) atoms. The molecule has 0 aliphatic carbocycles. The van der Waals surface area contributed by atoms with Crippen LogP contribution in [-0.2, 0) is 33.2 Å². The van der Waals surface area contributed by atoms with Gasteiger partial charge in [0.25, 0.3) is 0 Å². The van der Waals surface area contributed by atoms with Crippen LogP contribution in [0.3, 0.4) is 0 Å². The molecule has 0 aromatic heterocycles. The third-order valence-electron chi connectivity index (χ3n) is 3.46. The molecule has 0 fully saturated rings. The van der Waals surface area contributed by atoms with Gasteiger partial charge in [-0.15, -0.1) is 0 Å². The van der Waals surface area contributed by atoms with E-state index in [0.29, 0.717) is 65.8 Å². The molecule has 3 atom stereocenters. The predicted molar refractivity (Wildman–Crippen MR) is 101 cm³/mol. The van der Waals surface area contributed by atoms with E-state index in [1.807, 2.05) is 27.7 Å². The number of amides is 1. The van der Waals surface area contributed by atoms with Crippen molar-refractivity contribution in [1.82, 2.24) is 5.32 Å². The second-order valence-corrected chi connectivity index (χ2v) is 5.73. The summed E-state index contributed by atoms with van der Waals surface area (Å²) in [7, 11) is 0. The van der Waals surface area contributed by atoms with Gasteiger partial charge < -0.3 is 39.5 Å². The lowest BCUT2D eigenvalue weighted by atomic mass is 10.2. The summed E-state index contributed by atoms with van der Waals surface area (Å²) in [6.45, 7) is 11.7. The standard InChI is InChI=1S/C18H38N2O7/c1-5-17(19)18(21)20-7-8-22-9-12-26-16(4)27-14-11-23-10-13-25-15(3)24-6-2/h15-17H,5-14,19H2,1-4H3,(H,20,21). The van der Waals surface area contributed by atoms with Crippen LogP contribution in [-0.4, -0.2) is 83.9 Å². The topological polar surface area (TPSA) is 111 Å². The number of carbonyl (C=O) groups excluding carboxylic acids is 1. The van der Waals surface area contributed by atoms with Gasteiger partial charge in [-0.25, -0.2) is 0 Å². The van der Waals surface area contributed by atoms with E-state index in [2.05, 4.69) is 5.32 Å². The fourth-order valence-electron chi connectivity index (χ4n) is 1.92. The summed E-state index contributed by atoms with van der Waals surface area (Å²) < 4.78 is 32.3. The lowest BCUT2D eigenvalue weighted by Gasteiger charge is -2.15. The predicted octanol–water partition coefficient (Wildman–Crippen LogP) is 0.651. The van der Waals surface area contributed by atoms with Crippen molar-refractivity contribution >= 4 is 5.91 Å². The van der Waals surface area contributed by atoms with E-state index in [1.165, 1.54) is 0 Å². The third-order valence-corrected chi connectivity index (χ3v) is 3.46. The fraction of sp³-hybridized carbons (Fsp3) is 0.944. The van der Waals surface area contributed by atoms with Gasteiger partial charge in [0.15, 0.2) is 12.6 Å². The van der Waals surface area contributed by atoms with E-state index < -0.39 is 6.04 Å². The molecule has 3 N–H and O–H groups in total. The number of carbonyl (C=O) groups is 1. The van der Waals surface area contributed by atoms with Gasteiger partial charge in [-0.1, -0.05) is 6.92 Å². The summed E-state index contributed by atoms with van der Waals surface area (Å²) in [5, 5.41) is 2.71. The lowest BCUT2D eigenvalue weighted by Crippen LogP contribution is -2.41. The zero-order chi connectivity index (χ0) is 20.3. The quantitative estimate of drug-likeness (QED) is 0.243. The molecule has 0 saturated carbocycles. The average molecular weight is 395 g/mol. The highest BCUT2D eigenvalue weighted by atomic mass is 16.7. The molecule has 9 heteroatoms. The van der Waals surface area contributed by atoms with Crippen LogP contribution in [0.25, 0.3) is 0 Å². The molecule has 0 saturated heterocycles. The SMILES string of the molecule is CCOC(C)OCCOCCOC(C)OCCOCCNC(=O)C(N)CC. The summed E-state index contributed by atoms with van der Waals surface area (Å²) in [6.07, 6.45) is 0.0639. The summed E-state index contributed by atoms with van der Waals surface area (Å²) in [4.78, 5) is 11.4. The van der Waals surface area contributed by atoms with Crippen LogP contribution in [0.5, 0.6) is 0 Å². The van der Waals surface area contributed by atoms with Gasteiger partial charge in [0, 0.05) is 13.2 Å². The summed E-state index contributed by atoms with van der Waals surface area (Å²) in [6, 6.07) is -0.457. The minimum Gasteiger partial charge on any atom is -0.377 e. The number of ether oxygens (including phenoxy) is 6. The van der Waals surface area contributed by atoms with Crippen molar-refractivity contribution in [2.45, 2.75) is 52.7 Å². The zero-order valence-corrected chi connectivity index (χ0v) is 17.2. The van der Waals surface area contributed by atoms with Crippen LogP contribution < -0.4 is 11.1 Å². The van der Waals surface area contributed by atoms with Gasteiger partial charge in [0.05, 0.1) is 52.3 Å². The molecule has 3 unspecified atom stereocenters. The Kier molecular flexibility index (Phi) is 18.0. The van der Waals surface area contributed by atoms with Crippen molar-refractivity contribution in [3.05, 3.63) is 0 Å². The van der Waals surface area contributed by atoms with Crippen LogP contribution in [0.2, 0.25) is 0 Å². The van der Waals surface area contributed by atoms with E-state index in [4.69, 9.17) is 34.2 Å². The van der Waals surface area contributed by atoms with E-state index in [9.17, 15) is 4.79 Å². The number of nitrogens with two attached hydrogens (primary N) is 1. The molecule has 162 valence electrons. The van der Waals surface area contributed by atoms with Gasteiger partial charge in [-0.2, -0.15) is 0 Å². The molecule has 0 rings (SSSR count). The van der Waals surface area contributed by atoms with Crippen molar-refractivity contribution in [2.75, 3.05) is 59.4 Å². The first kappa shape index (κ1) is 26.2. The number of hydrogen-bond acceptors (Lipinski definition) is 8. The molecule has 0 heterocycles. The van der Waals surface area contributed by atoms with Gasteiger partial charge in [0.1, 0.15) is 0 Å². The summed E-state index contributed by atoms with van der Waals surface area (Å²) in [5.41, 5.74) is 5.60. The molecule has 0 aliphatic rings. The molecule has 0 bridgehead atoms. The lowest BCUT2D eigenvalue weighted by molar-refractivity contribution is -0.154. The van der Waals surface area contributed by atoms with Crippen LogP contribution in [0.1, 0.15) is 34.1 Å². The second kappa shape index (κ2) is 18.5. The molecule has 0 aromatic carbocycles. The molecule has 0 aliphatic heterocycles. The van der Waals surface area contributed by atoms with Crippen molar-refractivity contribution in [3.8, 4) is 0 Å². The van der Waals surface area contributed by atoms with Crippen molar-refractivity contribution < 1.29 is 33.2 Å². The Labute approximate surface area is 163 Å². The van der Waals surface area contributed by atoms with Gasteiger partial charge in [-0.3, -0.25) is 4.79 Å². The molecule has 0 radical (unpaired) electrons. The molecule has 0 aromatic rings. The highest BCUT2D eigenvalue weighted by Crippen LogP contribution is 1.95. The maximum absolute atomic E-state index is 11.4. The van der Waals surface area contributed by atoms with Crippen LogP contribution in [0, 0.1) is 0 Å². The Morgan fingerprint density at radius 2 is 1.30 bits per heavy atom. The molecular weight excluding hydrogens is 356 g/mol. The van der Waals surface area contributed by atoms with Gasteiger partial charge in [-0.05, 0) is 27.2 Å². The largest absolute Gasteiger partial charge is 0.377 e. The van der Waals surface area contributed by atoms with E-state index in [-0.39, 0.29) is 18.5 Å². The Morgan fingerprint density at radius 1 is 0.815 bits per heavy atom. The highest BCUT2D eigenvalue weighted by molar-refractivity contribution is 5.81. The Bertz CT molecular complexity index is 348. The van der Waals surface area contributed by atoms with Gasteiger partial charge >= 0.3 is 0 Å². The Morgan fingerprint density at radius 3 is 1.78 bits per heavy atom. The Hall–Kier alpha value is -0.810. The number of hydrogen-bond donors (Lipinski definition) is 2. The van der Waals surface area contributed by atoms with Gasteiger partial charge in [0.2, 0.25) is 5.91 Å². The van der Waals surface area contributed by atoms with Crippen molar-refractivity contribution in [2.24, 2.45) is 5.73 Å².